The Kier molecular flexibility index (Phi) is 12.9. The number of nitrogens with two attached hydrogens (primary N) is 1. The Morgan fingerprint density at radius 2 is 1.64 bits per heavy atom. The van der Waals surface area contributed by atoms with Gasteiger partial charge in [0.1, 0.15) is 18.1 Å². The first-order chi connectivity index (χ1) is 15.6. The Morgan fingerprint density at radius 3 is 2.15 bits per heavy atom. The zero-order valence-electron chi connectivity index (χ0n) is 18.6. The van der Waals surface area contributed by atoms with Crippen molar-refractivity contribution in [3.8, 4) is 0 Å². The standard InChI is InChI=1S/C21H32N4O6S2/c1-12(26)17(20(29)24-16(11-32)21(30)31)25-19(28)15(10-13-6-4-3-5-7-13)23-18(27)14(22)8-9-33-2/h3-7,12,14-17,26,32H,8-11,22H2,1-2H3,(H,23,27)(H,24,29)(H,25,28)(H,30,31). The predicted molar refractivity (Wildman–Crippen MR) is 130 cm³/mol. The van der Waals surface area contributed by atoms with E-state index in [1.54, 1.807) is 24.3 Å². The minimum Gasteiger partial charge on any atom is -0.480 e. The lowest BCUT2D eigenvalue weighted by Crippen LogP contribution is -2.60. The van der Waals surface area contributed by atoms with Crippen molar-refractivity contribution >= 4 is 48.1 Å². The van der Waals surface area contributed by atoms with Gasteiger partial charge in [0.25, 0.3) is 0 Å². The van der Waals surface area contributed by atoms with Gasteiger partial charge < -0.3 is 31.9 Å². The summed E-state index contributed by atoms with van der Waals surface area (Å²) < 4.78 is 0. The smallest absolute Gasteiger partial charge is 0.327 e. The van der Waals surface area contributed by atoms with E-state index in [0.717, 1.165) is 5.56 Å². The molecule has 0 aliphatic rings. The minimum absolute atomic E-state index is 0.121. The van der Waals surface area contributed by atoms with Crippen LogP contribution in [0.2, 0.25) is 0 Å². The first-order valence-corrected chi connectivity index (χ1v) is 12.3. The average Bonchev–Trinajstić information content (AvgIpc) is 2.78. The molecule has 5 atom stereocenters. The number of aliphatic carboxylic acids is 1. The third kappa shape index (κ3) is 10.0. The first-order valence-electron chi connectivity index (χ1n) is 10.3. The first kappa shape index (κ1) is 28.8. The van der Waals surface area contributed by atoms with Crippen LogP contribution < -0.4 is 21.7 Å². The van der Waals surface area contributed by atoms with Gasteiger partial charge in [-0.1, -0.05) is 30.3 Å². The average molecular weight is 501 g/mol. The van der Waals surface area contributed by atoms with Crippen molar-refractivity contribution in [1.29, 1.82) is 0 Å². The van der Waals surface area contributed by atoms with Crippen molar-refractivity contribution in [2.75, 3.05) is 17.8 Å². The van der Waals surface area contributed by atoms with E-state index in [-0.39, 0.29) is 12.2 Å². The zero-order valence-corrected chi connectivity index (χ0v) is 20.3. The molecule has 33 heavy (non-hydrogen) atoms. The van der Waals surface area contributed by atoms with Crippen LogP contribution in [0.4, 0.5) is 0 Å². The van der Waals surface area contributed by atoms with Gasteiger partial charge in [-0.3, -0.25) is 14.4 Å². The van der Waals surface area contributed by atoms with E-state index in [4.69, 9.17) is 10.8 Å². The van der Waals surface area contributed by atoms with Crippen LogP contribution in [-0.2, 0) is 25.6 Å². The van der Waals surface area contributed by atoms with Gasteiger partial charge in [-0.2, -0.15) is 24.4 Å². The fourth-order valence-electron chi connectivity index (χ4n) is 2.82. The van der Waals surface area contributed by atoms with Gasteiger partial charge in [-0.15, -0.1) is 0 Å². The van der Waals surface area contributed by atoms with Crippen molar-refractivity contribution < 1.29 is 29.4 Å². The van der Waals surface area contributed by atoms with Crippen LogP contribution in [0, 0.1) is 0 Å². The number of carboxylic acids is 1. The zero-order chi connectivity index (χ0) is 25.0. The molecule has 0 spiro atoms. The Morgan fingerprint density at radius 1 is 1.03 bits per heavy atom. The van der Waals surface area contributed by atoms with Gasteiger partial charge in [0.15, 0.2) is 0 Å². The topological polar surface area (TPSA) is 171 Å². The molecule has 1 rings (SSSR count). The normalized spacial score (nSPS) is 15.4. The SMILES string of the molecule is CSCCC(N)C(=O)NC(Cc1ccccc1)C(=O)NC(C(=O)NC(CS)C(=O)O)C(C)O. The lowest BCUT2D eigenvalue weighted by molar-refractivity contribution is -0.142. The highest BCUT2D eigenvalue weighted by Gasteiger charge is 2.32. The monoisotopic (exact) mass is 500 g/mol. The molecule has 0 aromatic heterocycles. The van der Waals surface area contributed by atoms with Gasteiger partial charge in [0.2, 0.25) is 17.7 Å². The van der Waals surface area contributed by atoms with Crippen LogP contribution in [-0.4, -0.2) is 81.9 Å². The van der Waals surface area contributed by atoms with Gasteiger partial charge >= 0.3 is 5.97 Å². The number of nitrogens with one attached hydrogen (secondary N) is 3. The number of aliphatic hydroxyl groups excluding tert-OH is 1. The highest BCUT2D eigenvalue weighted by atomic mass is 32.2. The third-order valence-corrected chi connectivity index (χ3v) is 5.75. The lowest BCUT2D eigenvalue weighted by atomic mass is 10.0. The molecule has 0 heterocycles. The van der Waals surface area contributed by atoms with E-state index in [1.165, 1.54) is 18.7 Å². The maximum absolute atomic E-state index is 13.0. The van der Waals surface area contributed by atoms with Crippen LogP contribution in [0.25, 0.3) is 0 Å². The number of carbonyl (C=O) groups excluding carboxylic acids is 3. The number of benzene rings is 1. The Hall–Kier alpha value is -2.28. The van der Waals surface area contributed by atoms with Gasteiger partial charge in [-0.25, -0.2) is 4.79 Å². The quantitative estimate of drug-likeness (QED) is 0.162. The molecule has 3 amide bonds. The van der Waals surface area contributed by atoms with Crippen molar-refractivity contribution in [2.45, 2.75) is 50.0 Å². The van der Waals surface area contributed by atoms with Crippen molar-refractivity contribution in [3.63, 3.8) is 0 Å². The van der Waals surface area contributed by atoms with Crippen molar-refractivity contribution in [1.82, 2.24) is 16.0 Å². The van der Waals surface area contributed by atoms with Crippen LogP contribution in [0.1, 0.15) is 18.9 Å². The second kappa shape index (κ2) is 14.8. The maximum Gasteiger partial charge on any atom is 0.327 e. The fourth-order valence-corrected chi connectivity index (χ4v) is 3.56. The summed E-state index contributed by atoms with van der Waals surface area (Å²) in [5, 5.41) is 26.4. The summed E-state index contributed by atoms with van der Waals surface area (Å²) in [6.45, 7) is 1.28. The van der Waals surface area contributed by atoms with Crippen LogP contribution in [0.5, 0.6) is 0 Å². The molecular weight excluding hydrogens is 468 g/mol. The molecule has 0 radical (unpaired) electrons. The minimum atomic E-state index is -1.44. The molecule has 0 saturated heterocycles. The molecule has 0 aliphatic carbocycles. The van der Waals surface area contributed by atoms with Gasteiger partial charge in [-0.05, 0) is 30.9 Å². The van der Waals surface area contributed by atoms with E-state index >= 15 is 0 Å². The summed E-state index contributed by atoms with van der Waals surface area (Å²) in [7, 11) is 0. The molecule has 0 bridgehead atoms. The summed E-state index contributed by atoms with van der Waals surface area (Å²) in [5.74, 6) is -2.93. The summed E-state index contributed by atoms with van der Waals surface area (Å²) >= 11 is 5.42. The molecule has 12 heteroatoms. The number of thioether (sulfide) groups is 1. The maximum atomic E-state index is 13.0. The second-order valence-corrected chi connectivity index (χ2v) is 8.80. The van der Waals surface area contributed by atoms with Crippen LogP contribution in [0.3, 0.4) is 0 Å². The van der Waals surface area contributed by atoms with Crippen molar-refractivity contribution in [3.05, 3.63) is 35.9 Å². The largest absolute Gasteiger partial charge is 0.480 e. The molecular formula is C21H32N4O6S2. The van der Waals surface area contributed by atoms with E-state index in [9.17, 15) is 24.3 Å². The molecule has 0 aliphatic heterocycles. The Bertz CT molecular complexity index is 796. The summed E-state index contributed by atoms with van der Waals surface area (Å²) in [6.07, 6.45) is 1.10. The number of carbonyl (C=O) groups is 4. The summed E-state index contributed by atoms with van der Waals surface area (Å²) in [5.41, 5.74) is 6.68. The fraction of sp³-hybridized carbons (Fsp3) is 0.524. The van der Waals surface area contributed by atoms with E-state index in [1.807, 2.05) is 12.3 Å². The van der Waals surface area contributed by atoms with Gasteiger partial charge in [0.05, 0.1) is 12.1 Å². The molecule has 5 unspecified atom stereocenters. The predicted octanol–water partition coefficient (Wildman–Crippen LogP) is -0.841. The molecule has 184 valence electrons. The highest BCUT2D eigenvalue weighted by Crippen LogP contribution is 2.07. The number of thiol groups is 1. The second-order valence-electron chi connectivity index (χ2n) is 7.45. The van der Waals surface area contributed by atoms with Gasteiger partial charge in [0, 0.05) is 12.2 Å². The molecule has 0 fully saturated rings. The molecule has 10 nitrogen and oxygen atoms in total. The van der Waals surface area contributed by atoms with E-state index in [0.29, 0.717) is 12.2 Å². The van der Waals surface area contributed by atoms with E-state index < -0.39 is 54.0 Å². The Labute approximate surface area is 202 Å². The number of aliphatic hydroxyl groups is 1. The summed E-state index contributed by atoms with van der Waals surface area (Å²) in [6, 6.07) is 4.31. The number of hydrogen-bond acceptors (Lipinski definition) is 8. The highest BCUT2D eigenvalue weighted by molar-refractivity contribution is 7.98. The molecule has 7 N–H and O–H groups in total. The number of amides is 3. The number of rotatable bonds is 14. The van der Waals surface area contributed by atoms with Crippen molar-refractivity contribution in [2.24, 2.45) is 5.73 Å². The Balaban J connectivity index is 3.01. The lowest BCUT2D eigenvalue weighted by Gasteiger charge is -2.26. The molecule has 1 aromatic carbocycles. The van der Waals surface area contributed by atoms with Crippen LogP contribution in [0.15, 0.2) is 30.3 Å². The molecule has 1 aromatic rings. The molecule has 0 saturated carbocycles. The number of hydrogen-bond donors (Lipinski definition) is 7. The third-order valence-electron chi connectivity index (χ3n) is 4.75. The number of carboxylic acid groups (broad SMARTS) is 1. The summed E-state index contributed by atoms with van der Waals surface area (Å²) in [4.78, 5) is 49.3. The van der Waals surface area contributed by atoms with E-state index in [2.05, 4.69) is 28.6 Å². The van der Waals surface area contributed by atoms with Crippen LogP contribution >= 0.6 is 24.4 Å².